The van der Waals surface area contributed by atoms with E-state index >= 15 is 0 Å². The van der Waals surface area contributed by atoms with Gasteiger partial charge in [-0.1, -0.05) is 0 Å². The SMILES string of the molecule is O=S(=O)(NF)C(F)(F)F.[Li]. The Bertz CT molecular complexity index is 184. The van der Waals surface area contributed by atoms with Crippen molar-refractivity contribution in [3.63, 3.8) is 0 Å². The topological polar surface area (TPSA) is 46.2 Å². The molecule has 0 aliphatic carbocycles. The van der Waals surface area contributed by atoms with E-state index in [1.807, 2.05) is 0 Å². The molecule has 0 amide bonds. The van der Waals surface area contributed by atoms with Crippen LogP contribution in [0.15, 0.2) is 0 Å². The van der Waals surface area contributed by atoms with E-state index in [9.17, 15) is 26.1 Å². The van der Waals surface area contributed by atoms with Crippen molar-refractivity contribution in [2.75, 3.05) is 0 Å². The van der Waals surface area contributed by atoms with Crippen LogP contribution in [0, 0.1) is 0 Å². The summed E-state index contributed by atoms with van der Waals surface area (Å²) in [5.41, 5.74) is -5.57. The molecule has 57 valence electrons. The monoisotopic (exact) mass is 174 g/mol. The zero-order valence-corrected chi connectivity index (χ0v) is 5.55. The minimum atomic E-state index is -5.75. The first-order valence-corrected chi connectivity index (χ1v) is 2.98. The molecule has 0 saturated heterocycles. The summed E-state index contributed by atoms with van der Waals surface area (Å²) in [6.07, 6.45) is 0. The second-order valence-electron chi connectivity index (χ2n) is 1.03. The molecule has 0 aromatic rings. The molecular weight excluding hydrogens is 173 g/mol. The third-order valence-corrected chi connectivity index (χ3v) is 1.22. The standard InChI is InChI=1S/CHF4NO2S.Li/c2-1(3,4)9(7,8)6-5;/h6H;. The van der Waals surface area contributed by atoms with Crippen LogP contribution in [0.25, 0.3) is 0 Å². The molecule has 0 saturated carbocycles. The average Bonchev–Trinajstić information content (AvgIpc) is 1.64. The zero-order valence-electron chi connectivity index (χ0n) is 4.74. The molecule has 0 aliphatic rings. The summed E-state index contributed by atoms with van der Waals surface area (Å²) in [5, 5.41) is 0. The summed E-state index contributed by atoms with van der Waals surface area (Å²) in [6.45, 7) is 0. The van der Waals surface area contributed by atoms with E-state index < -0.39 is 15.5 Å². The molecular formula is CHF4LiNO2S. The second-order valence-corrected chi connectivity index (χ2v) is 2.65. The second kappa shape index (κ2) is 3.57. The molecule has 0 unspecified atom stereocenters. The van der Waals surface area contributed by atoms with Crippen molar-refractivity contribution in [2.45, 2.75) is 5.51 Å². The average molecular weight is 174 g/mol. The normalized spacial score (nSPS) is 12.4. The molecule has 0 atom stereocenters. The van der Waals surface area contributed by atoms with Crippen molar-refractivity contribution in [1.82, 2.24) is 4.94 Å². The van der Waals surface area contributed by atoms with Gasteiger partial charge in [0.2, 0.25) is 0 Å². The maximum absolute atomic E-state index is 10.9. The molecule has 0 spiro atoms. The van der Waals surface area contributed by atoms with E-state index in [2.05, 4.69) is 0 Å². The number of alkyl halides is 3. The van der Waals surface area contributed by atoms with Crippen LogP contribution in [0.3, 0.4) is 0 Å². The van der Waals surface area contributed by atoms with Gasteiger partial charge in [0.25, 0.3) is 0 Å². The number of rotatable bonds is 1. The summed E-state index contributed by atoms with van der Waals surface area (Å²) < 4.78 is 62.4. The molecule has 0 aromatic heterocycles. The number of hydrogen-bond donors (Lipinski definition) is 1. The van der Waals surface area contributed by atoms with Gasteiger partial charge in [-0.3, -0.25) is 0 Å². The fourth-order valence-corrected chi connectivity index (χ4v) is 0.131. The van der Waals surface area contributed by atoms with Crippen LogP contribution in [0.1, 0.15) is 0 Å². The molecule has 0 fully saturated rings. The third-order valence-electron chi connectivity index (χ3n) is 0.406. The summed E-state index contributed by atoms with van der Waals surface area (Å²) in [5.74, 6) is 0. The minimum absolute atomic E-state index is 0. The Balaban J connectivity index is 0. The van der Waals surface area contributed by atoms with Crippen molar-refractivity contribution in [3.8, 4) is 0 Å². The van der Waals surface area contributed by atoms with Crippen LogP contribution in [0.4, 0.5) is 17.7 Å². The molecule has 0 bridgehead atoms. The Morgan fingerprint density at radius 3 is 1.50 bits per heavy atom. The van der Waals surface area contributed by atoms with Gasteiger partial charge in [0.1, 0.15) is 0 Å². The summed E-state index contributed by atoms with van der Waals surface area (Å²) in [4.78, 5) is -0.372. The van der Waals surface area contributed by atoms with Gasteiger partial charge < -0.3 is 0 Å². The Morgan fingerprint density at radius 1 is 1.20 bits per heavy atom. The van der Waals surface area contributed by atoms with Gasteiger partial charge in [-0.2, -0.15) is 13.2 Å². The van der Waals surface area contributed by atoms with Crippen molar-refractivity contribution in [2.24, 2.45) is 0 Å². The first-order valence-electron chi connectivity index (χ1n) is 1.50. The molecule has 0 rings (SSSR count). The number of nitrogens with one attached hydrogen (secondary N) is 1. The minimum Gasteiger partial charge on any atom is -0.200 e. The smallest absolute Gasteiger partial charge is 0.200 e. The van der Waals surface area contributed by atoms with Gasteiger partial charge in [-0.05, 0) is 4.94 Å². The molecule has 0 aromatic carbocycles. The van der Waals surface area contributed by atoms with E-state index in [0.717, 1.165) is 0 Å². The first kappa shape index (κ1) is 12.9. The molecule has 9 heteroatoms. The maximum atomic E-state index is 10.9. The van der Waals surface area contributed by atoms with E-state index in [1.165, 1.54) is 0 Å². The third kappa shape index (κ3) is 2.87. The Hall–Kier alpha value is 0.227. The van der Waals surface area contributed by atoms with Gasteiger partial charge in [0.15, 0.2) is 0 Å². The van der Waals surface area contributed by atoms with Crippen LogP contribution >= 0.6 is 0 Å². The van der Waals surface area contributed by atoms with Gasteiger partial charge in [0, 0.05) is 18.9 Å². The zero-order chi connectivity index (χ0) is 7.71. The van der Waals surface area contributed by atoms with E-state index in [1.54, 1.807) is 0 Å². The van der Waals surface area contributed by atoms with E-state index in [0.29, 0.717) is 0 Å². The van der Waals surface area contributed by atoms with Crippen molar-refractivity contribution in [3.05, 3.63) is 0 Å². The largest absolute Gasteiger partial charge is 0.513 e. The van der Waals surface area contributed by atoms with Crippen LogP contribution in [0.5, 0.6) is 0 Å². The molecule has 1 radical (unpaired) electrons. The first-order chi connectivity index (χ1) is 3.81. The van der Waals surface area contributed by atoms with Gasteiger partial charge in [-0.15, -0.1) is 4.48 Å². The molecule has 1 N–H and O–H groups in total. The van der Waals surface area contributed by atoms with E-state index in [4.69, 9.17) is 0 Å². The van der Waals surface area contributed by atoms with Gasteiger partial charge >= 0.3 is 15.5 Å². The van der Waals surface area contributed by atoms with Crippen LogP contribution < -0.4 is 4.94 Å². The van der Waals surface area contributed by atoms with E-state index in [-0.39, 0.29) is 23.8 Å². The van der Waals surface area contributed by atoms with Gasteiger partial charge in [-0.25, -0.2) is 8.42 Å². The van der Waals surface area contributed by atoms with Crippen LogP contribution in [0.2, 0.25) is 0 Å². The van der Waals surface area contributed by atoms with Crippen molar-refractivity contribution in [1.29, 1.82) is 0 Å². The number of halogens is 4. The Kier molecular flexibility index (Phi) is 4.59. The number of sulfonamides is 1. The maximum Gasteiger partial charge on any atom is 0.513 e. The van der Waals surface area contributed by atoms with Crippen molar-refractivity contribution >= 4 is 28.9 Å². The van der Waals surface area contributed by atoms with Crippen LogP contribution in [-0.2, 0) is 10.0 Å². The Morgan fingerprint density at radius 2 is 1.50 bits per heavy atom. The fraction of sp³-hybridized carbons (Fsp3) is 1.00. The summed E-state index contributed by atoms with van der Waals surface area (Å²) in [6, 6.07) is 0. The molecule has 10 heavy (non-hydrogen) atoms. The Labute approximate surface area is 65.9 Å². The predicted molar refractivity (Wildman–Crippen MR) is 25.0 cm³/mol. The molecule has 0 aliphatic heterocycles. The predicted octanol–water partition coefficient (Wildman–Crippen LogP) is -0.0707. The molecule has 3 nitrogen and oxygen atoms in total. The quantitative estimate of drug-likeness (QED) is 0.343. The number of hydrogen-bond acceptors (Lipinski definition) is 2. The van der Waals surface area contributed by atoms with Crippen LogP contribution in [-0.4, -0.2) is 32.8 Å². The summed E-state index contributed by atoms with van der Waals surface area (Å²) in [7, 11) is -5.75. The summed E-state index contributed by atoms with van der Waals surface area (Å²) >= 11 is 0. The van der Waals surface area contributed by atoms with Crippen molar-refractivity contribution < 1.29 is 26.1 Å². The van der Waals surface area contributed by atoms with Gasteiger partial charge in [0.05, 0.1) is 0 Å². The fourth-order valence-electron chi connectivity index (χ4n) is 0.0437. The molecule has 0 heterocycles.